The second-order valence-corrected chi connectivity index (χ2v) is 35.6. The highest BCUT2D eigenvalue weighted by Crippen LogP contribution is 2.42. The van der Waals surface area contributed by atoms with Gasteiger partial charge < -0.3 is 87.8 Å². The largest absolute Gasteiger partial charge is 0.493 e. The summed E-state index contributed by atoms with van der Waals surface area (Å²) >= 11 is 6.64. The van der Waals surface area contributed by atoms with E-state index in [2.05, 4.69) is 60.6 Å². The van der Waals surface area contributed by atoms with E-state index in [4.69, 9.17) is 42.6 Å². The zero-order valence-electron chi connectivity index (χ0n) is 75.7. The molecule has 0 radical (unpaired) electrons. The quantitative estimate of drug-likeness (QED) is 0.0204. The molecule has 0 aliphatic carbocycles. The lowest BCUT2D eigenvalue weighted by atomic mass is 9.83. The van der Waals surface area contributed by atoms with E-state index in [9.17, 15) is 57.8 Å². The number of anilines is 1. The van der Waals surface area contributed by atoms with Crippen molar-refractivity contribution >= 4 is 114 Å². The van der Waals surface area contributed by atoms with Gasteiger partial charge in [-0.25, -0.2) is 0 Å². The van der Waals surface area contributed by atoms with Crippen LogP contribution in [-0.4, -0.2) is 294 Å². The molecule has 4 aliphatic rings. The number of carbonyl (C=O) groups excluding carboxylic acids is 10. The van der Waals surface area contributed by atoms with Gasteiger partial charge in [0.1, 0.15) is 21.2 Å². The molecule has 3 aromatic rings. The first-order valence-electron chi connectivity index (χ1n) is 43.9. The third-order valence-corrected chi connectivity index (χ3v) is 26.6. The van der Waals surface area contributed by atoms with Crippen molar-refractivity contribution < 1.29 is 100 Å². The van der Waals surface area contributed by atoms with Gasteiger partial charge in [0.25, 0.3) is 11.8 Å². The number of aryl methyl sites for hydroxylation is 1. The summed E-state index contributed by atoms with van der Waals surface area (Å²) in [6.07, 6.45) is 5.38. The van der Waals surface area contributed by atoms with E-state index in [1.165, 1.54) is 26.2 Å². The number of nitrogens with one attached hydrogen (secondary N) is 2. The second-order valence-electron chi connectivity index (χ2n) is 33.6. The number of unbranched alkanes of at least 4 members (excludes halogenated alkanes) is 2. The van der Waals surface area contributed by atoms with Crippen molar-refractivity contribution in [1.29, 1.82) is 0 Å². The fourth-order valence-electron chi connectivity index (χ4n) is 16.8. The first-order chi connectivity index (χ1) is 59.7. The summed E-state index contributed by atoms with van der Waals surface area (Å²) in [6.45, 7) is 29.3. The molecule has 0 aromatic heterocycles. The van der Waals surface area contributed by atoms with E-state index in [1.54, 1.807) is 63.9 Å². The molecule has 0 spiro atoms. The van der Waals surface area contributed by atoms with Gasteiger partial charge in [-0.15, -0.1) is 0 Å². The maximum absolute atomic E-state index is 14.9. The number of ether oxygens (including phenoxy) is 9. The number of likely N-dealkylation sites (N-methyl/N-ethyl adjacent to an activating group) is 2. The van der Waals surface area contributed by atoms with Crippen LogP contribution < -0.4 is 29.7 Å². The van der Waals surface area contributed by atoms with Crippen LogP contribution in [0.3, 0.4) is 0 Å². The number of rotatable bonds is 55. The fraction of sp³-hybridized carbons (Fsp3) is 0.634. The zero-order chi connectivity index (χ0) is 91.7. The number of methoxy groups -OCH3 is 3. The van der Waals surface area contributed by atoms with Crippen molar-refractivity contribution in [3.8, 4) is 17.2 Å². The number of likely N-dealkylation sites (tertiary alicyclic amines) is 2. The molecule has 7 rings (SSSR count). The Morgan fingerprint density at radius 2 is 1.31 bits per heavy atom. The molecule has 3 aromatic carbocycles. The molecule has 4 heterocycles. The third kappa shape index (κ3) is 29.8. The van der Waals surface area contributed by atoms with Crippen LogP contribution in [-0.2, 0) is 78.0 Å². The molecule has 3 saturated heterocycles. The van der Waals surface area contributed by atoms with Gasteiger partial charge in [-0.3, -0.25) is 57.7 Å². The topological polar surface area (TPSA) is 347 Å². The highest BCUT2D eigenvalue weighted by Gasteiger charge is 2.46. The molecule has 4 aliphatic heterocycles. The summed E-state index contributed by atoms with van der Waals surface area (Å²) in [7, 11) is 7.78. The predicted octanol–water partition coefficient (Wildman–Crippen LogP) is 11.0. The molecule has 0 saturated carbocycles. The SMILES string of the molecule is C=C1CCN(C(=O)c2cc(C)c(OCCCCCOc3cc4c(cc3OC)C(=O)N3CC(=C)C[C@H]3CN4C(=O)CCOCCOCCNC(=O)C(Br)C(Br)C(=O)NCCOCCOCCC(=O)N(C)[C@H](C(=O)C[C@H](C(=O)N(C)[C@@H]([C@@H](C)CC)[C@@H](CC(=O)N3CCC[C@H]3[C@H](OC)[C@@H](C)C(=O)C[C@@H](Cc3ccccc3)C(=O)O)OC)C(C)C)C(C)C)cc2N=CC)C1. The van der Waals surface area contributed by atoms with Gasteiger partial charge in [0.2, 0.25) is 35.4 Å². The van der Waals surface area contributed by atoms with Crippen LogP contribution in [0.25, 0.3) is 0 Å². The number of fused-ring (bicyclic) bond motifs is 2. The van der Waals surface area contributed by atoms with Gasteiger partial charge in [0.15, 0.2) is 17.3 Å². The van der Waals surface area contributed by atoms with Gasteiger partial charge in [0.05, 0.1) is 157 Å². The van der Waals surface area contributed by atoms with E-state index >= 15 is 0 Å². The predicted molar refractivity (Wildman–Crippen MR) is 484 cm³/mol. The molecular formula is C93H135Br2N9O21. The van der Waals surface area contributed by atoms with Crippen LogP contribution in [0.4, 0.5) is 11.4 Å². The first-order valence-corrected chi connectivity index (χ1v) is 45.7. The van der Waals surface area contributed by atoms with E-state index in [0.717, 1.165) is 41.5 Å². The molecule has 8 amide bonds. The lowest BCUT2D eigenvalue weighted by molar-refractivity contribution is -0.150. The fourth-order valence-corrected chi connectivity index (χ4v) is 17.6. The number of carbonyl (C=O) groups is 11. The van der Waals surface area contributed by atoms with Gasteiger partial charge in [-0.05, 0) is 106 Å². The summed E-state index contributed by atoms with van der Waals surface area (Å²) in [4.78, 5) is 164. The second kappa shape index (κ2) is 52.1. The van der Waals surface area contributed by atoms with Crippen LogP contribution in [0.5, 0.6) is 17.2 Å². The molecule has 125 heavy (non-hydrogen) atoms. The van der Waals surface area contributed by atoms with Crippen molar-refractivity contribution in [3.05, 3.63) is 101 Å². The number of alkyl halides is 2. The maximum Gasteiger partial charge on any atom is 0.307 e. The minimum atomic E-state index is -1.06. The Balaban J connectivity index is 0.762. The first kappa shape index (κ1) is 104. The number of carboxylic acids is 1. The average Bonchev–Trinajstić information content (AvgIpc) is 1.66. The lowest BCUT2D eigenvalue weighted by Crippen LogP contribution is -2.54. The molecule has 692 valence electrons. The third-order valence-electron chi connectivity index (χ3n) is 24.0. The minimum absolute atomic E-state index is 0.00918. The number of carboxylic acid groups (broad SMARTS) is 1. The van der Waals surface area contributed by atoms with Crippen molar-refractivity contribution in [2.24, 2.45) is 40.5 Å². The normalized spacial score (nSPS) is 17.7. The summed E-state index contributed by atoms with van der Waals surface area (Å²) in [5.41, 5.74) is 5.40. The standard InChI is InChI=1S/C93H135Br2N9O21/c1-17-62(9)86(79(118-15)54-82(109)102-34-25-28-72(102)87(119-16)64(11)74(105)49-66(93(115)116)48-65-26-21-19-22-27-65)100(13)90(112)68(58(3)4)50-75(106)85(59(5)6)99(12)80(107)30-38-120-42-44-122-40-32-97-88(110)83(94)84(95)89(111)98-33-41-123-45-43-121-39-31-81(108)104-57-67-46-61(8)56-103(67)92(114)70-51-77(117-14)78(53-73(70)104)125-37-24-20-23-36-124-76-52-71(96-18-2)69(47-63(76)10)91(113)101-35-29-60(7)55-101/h18-19,21-22,26-27,47,51-53,58-59,62,64,66-68,72,79,83-87H,7-8,17,20,23-25,28-46,48-50,54-57H2,1-6,9-16H3,(H,97,110)(H,98,111)(H,115,116)/t62-,64-,66+,67-,68-,72-,79+,83?,84?,85-,86-,87+/m0/s1. The molecular weight excluding hydrogens is 1740 g/mol. The maximum atomic E-state index is 14.9. The number of aliphatic imine (C=N–C) groups is 1. The van der Waals surface area contributed by atoms with Gasteiger partial charge in [0, 0.05) is 117 Å². The van der Waals surface area contributed by atoms with E-state index < -0.39 is 75.5 Å². The Kier molecular flexibility index (Phi) is 43.2. The van der Waals surface area contributed by atoms with Crippen molar-refractivity contribution in [1.82, 2.24) is 35.1 Å². The number of halogens is 2. The van der Waals surface area contributed by atoms with E-state index in [-0.39, 0.29) is 182 Å². The van der Waals surface area contributed by atoms with Crippen LogP contribution in [0, 0.1) is 42.4 Å². The number of Topliss-reactive ketones (excluding diaryl/α,β-unsaturated/α-hetero) is 2. The Hall–Kier alpha value is -8.50. The molecule has 30 nitrogen and oxygen atoms in total. The summed E-state index contributed by atoms with van der Waals surface area (Å²) < 4.78 is 53.2. The van der Waals surface area contributed by atoms with Gasteiger partial charge >= 0.3 is 5.97 Å². The number of nitrogens with zero attached hydrogens (tertiary/aromatic N) is 7. The van der Waals surface area contributed by atoms with Crippen LogP contribution in [0.15, 0.2) is 83.9 Å². The summed E-state index contributed by atoms with van der Waals surface area (Å²) in [5.74, 6) is -5.65. The van der Waals surface area contributed by atoms with Crippen LogP contribution in [0.2, 0.25) is 0 Å². The van der Waals surface area contributed by atoms with E-state index in [1.807, 2.05) is 97.9 Å². The highest BCUT2D eigenvalue weighted by molar-refractivity contribution is 9.12. The average molecular weight is 1870 g/mol. The summed E-state index contributed by atoms with van der Waals surface area (Å²) in [5, 5.41) is 15.6. The van der Waals surface area contributed by atoms with Gasteiger partial charge in [-0.1, -0.05) is 141 Å². The van der Waals surface area contributed by atoms with Crippen molar-refractivity contribution in [2.45, 2.75) is 198 Å². The lowest BCUT2D eigenvalue weighted by Gasteiger charge is -2.41. The monoisotopic (exact) mass is 1870 g/mol. The number of aliphatic carboxylic acids is 1. The van der Waals surface area contributed by atoms with Crippen LogP contribution >= 0.6 is 31.9 Å². The molecule has 3 fully saturated rings. The Labute approximate surface area is 754 Å². The van der Waals surface area contributed by atoms with Gasteiger partial charge in [-0.2, -0.15) is 0 Å². The molecule has 2 unspecified atom stereocenters. The van der Waals surface area contributed by atoms with Crippen LogP contribution in [0.1, 0.15) is 171 Å². The Morgan fingerprint density at radius 1 is 0.688 bits per heavy atom. The number of benzene rings is 3. The van der Waals surface area contributed by atoms with E-state index in [0.29, 0.717) is 111 Å². The highest BCUT2D eigenvalue weighted by atomic mass is 79.9. The zero-order valence-corrected chi connectivity index (χ0v) is 78.9. The number of ketones is 2. The number of hydrogen-bond donors (Lipinski definition) is 3. The molecule has 0 bridgehead atoms. The number of hydrogen-bond acceptors (Lipinski definition) is 21. The molecule has 32 heteroatoms. The Bertz CT molecular complexity index is 4170. The Morgan fingerprint density at radius 3 is 1.88 bits per heavy atom. The summed E-state index contributed by atoms with van der Waals surface area (Å²) in [6, 6.07) is 14.0. The number of amides is 8. The minimum Gasteiger partial charge on any atom is -0.493 e. The smallest absolute Gasteiger partial charge is 0.307 e. The van der Waals surface area contributed by atoms with Crippen molar-refractivity contribution in [3.63, 3.8) is 0 Å². The van der Waals surface area contributed by atoms with Crippen molar-refractivity contribution in [2.75, 3.05) is 152 Å². The molecule has 3 N–H and O–H groups in total. The molecule has 12 atom stereocenters.